The summed E-state index contributed by atoms with van der Waals surface area (Å²) in [6.45, 7) is 3.10. The minimum Gasteiger partial charge on any atom is -0.371 e. The lowest BCUT2D eigenvalue weighted by molar-refractivity contribution is 0.217. The van der Waals surface area contributed by atoms with Gasteiger partial charge in [0.15, 0.2) is 11.6 Å². The highest BCUT2D eigenvalue weighted by atomic mass is 19.1. The number of nitrogens with zero attached hydrogens (tertiary/aromatic N) is 3. The summed E-state index contributed by atoms with van der Waals surface area (Å²) < 4.78 is 13.2. The maximum Gasteiger partial charge on any atom is 0.224 e. The summed E-state index contributed by atoms with van der Waals surface area (Å²) >= 11 is 0. The Labute approximate surface area is 107 Å². The predicted octanol–water partition coefficient (Wildman–Crippen LogP) is 1.41. The first kappa shape index (κ1) is 13.0. The molecule has 0 bridgehead atoms. The van der Waals surface area contributed by atoms with Crippen LogP contribution >= 0.6 is 0 Å². The normalized spacial score (nSPS) is 20.7. The van der Waals surface area contributed by atoms with Gasteiger partial charge in [-0.2, -0.15) is 4.98 Å². The number of halogens is 1. The van der Waals surface area contributed by atoms with Crippen molar-refractivity contribution >= 4 is 11.8 Å². The molecule has 1 aliphatic rings. The summed E-state index contributed by atoms with van der Waals surface area (Å²) in [6, 6.07) is 0. The minimum absolute atomic E-state index is 0.230. The number of nitrogens with one attached hydrogen (secondary N) is 2. The van der Waals surface area contributed by atoms with Gasteiger partial charge in [-0.15, -0.1) is 0 Å². The molecule has 18 heavy (non-hydrogen) atoms. The van der Waals surface area contributed by atoms with Gasteiger partial charge in [0.05, 0.1) is 6.20 Å². The predicted molar refractivity (Wildman–Crippen MR) is 70.2 cm³/mol. The summed E-state index contributed by atoms with van der Waals surface area (Å²) in [6.07, 6.45) is 3.64. The highest BCUT2D eigenvalue weighted by molar-refractivity contribution is 5.40. The lowest BCUT2D eigenvalue weighted by Gasteiger charge is -2.29. The molecule has 1 aliphatic heterocycles. The van der Waals surface area contributed by atoms with Crippen LogP contribution in [0.1, 0.15) is 12.8 Å². The van der Waals surface area contributed by atoms with Gasteiger partial charge in [-0.1, -0.05) is 0 Å². The number of piperidine rings is 1. The van der Waals surface area contributed by atoms with Crippen LogP contribution in [0.4, 0.5) is 16.2 Å². The largest absolute Gasteiger partial charge is 0.371 e. The molecule has 1 aromatic rings. The maximum atomic E-state index is 13.2. The quantitative estimate of drug-likeness (QED) is 0.849. The highest BCUT2D eigenvalue weighted by Gasteiger charge is 2.17. The molecule has 100 valence electrons. The average molecular weight is 253 g/mol. The van der Waals surface area contributed by atoms with E-state index in [2.05, 4.69) is 32.5 Å². The second-order valence-corrected chi connectivity index (χ2v) is 4.79. The van der Waals surface area contributed by atoms with E-state index < -0.39 is 5.82 Å². The molecular weight excluding hydrogens is 233 g/mol. The zero-order chi connectivity index (χ0) is 13.0. The SMILES string of the molecule is CNc1nc(NCC2CCCN(C)C2)ncc1F. The Balaban J connectivity index is 1.89. The van der Waals surface area contributed by atoms with E-state index in [-0.39, 0.29) is 5.82 Å². The number of hydrogen-bond donors (Lipinski definition) is 2. The zero-order valence-electron chi connectivity index (χ0n) is 10.9. The monoisotopic (exact) mass is 253 g/mol. The number of likely N-dealkylation sites (tertiary alicyclic amines) is 1. The Kier molecular flexibility index (Phi) is 4.30. The molecule has 2 heterocycles. The molecule has 0 aromatic carbocycles. The molecule has 0 amide bonds. The van der Waals surface area contributed by atoms with Gasteiger partial charge in [0.1, 0.15) is 0 Å². The first-order valence-electron chi connectivity index (χ1n) is 6.31. The van der Waals surface area contributed by atoms with Gasteiger partial charge in [-0.3, -0.25) is 0 Å². The molecule has 2 rings (SSSR count). The van der Waals surface area contributed by atoms with Crippen LogP contribution in [-0.4, -0.2) is 48.6 Å². The van der Waals surface area contributed by atoms with Crippen molar-refractivity contribution in [2.75, 3.05) is 44.4 Å². The van der Waals surface area contributed by atoms with E-state index in [1.807, 2.05) is 0 Å². The summed E-state index contributed by atoms with van der Waals surface area (Å²) in [4.78, 5) is 10.3. The van der Waals surface area contributed by atoms with Crippen LogP contribution in [0.2, 0.25) is 0 Å². The average Bonchev–Trinajstić information content (AvgIpc) is 2.38. The number of hydrogen-bond acceptors (Lipinski definition) is 5. The fourth-order valence-corrected chi connectivity index (χ4v) is 2.30. The van der Waals surface area contributed by atoms with Gasteiger partial charge >= 0.3 is 0 Å². The standard InChI is InChI=1S/C12H20FN5/c1-14-11-10(13)7-16-12(17-11)15-6-9-4-3-5-18(2)8-9/h7,9H,3-6,8H2,1-2H3,(H2,14,15,16,17). The fraction of sp³-hybridized carbons (Fsp3) is 0.667. The van der Waals surface area contributed by atoms with Crippen LogP contribution in [0.5, 0.6) is 0 Å². The van der Waals surface area contributed by atoms with Crippen LogP contribution in [0.15, 0.2) is 6.20 Å². The van der Waals surface area contributed by atoms with Crippen molar-refractivity contribution in [1.82, 2.24) is 14.9 Å². The van der Waals surface area contributed by atoms with Crippen molar-refractivity contribution in [2.45, 2.75) is 12.8 Å². The first-order chi connectivity index (χ1) is 8.69. The summed E-state index contributed by atoms with van der Waals surface area (Å²) in [5.41, 5.74) is 0. The third-order valence-electron chi connectivity index (χ3n) is 3.25. The molecule has 1 unspecified atom stereocenters. The van der Waals surface area contributed by atoms with Gasteiger partial charge in [0.25, 0.3) is 0 Å². The summed E-state index contributed by atoms with van der Waals surface area (Å²) in [5.74, 6) is 0.887. The molecule has 1 atom stereocenters. The zero-order valence-corrected chi connectivity index (χ0v) is 10.9. The van der Waals surface area contributed by atoms with E-state index in [1.54, 1.807) is 7.05 Å². The Bertz CT molecular complexity index is 398. The van der Waals surface area contributed by atoms with Crippen LogP contribution in [0.3, 0.4) is 0 Å². The van der Waals surface area contributed by atoms with Crippen molar-refractivity contribution in [2.24, 2.45) is 5.92 Å². The lowest BCUT2D eigenvalue weighted by atomic mass is 9.99. The molecular formula is C12H20FN5. The van der Waals surface area contributed by atoms with E-state index in [4.69, 9.17) is 0 Å². The third kappa shape index (κ3) is 3.29. The summed E-state index contributed by atoms with van der Waals surface area (Å²) in [7, 11) is 3.78. The lowest BCUT2D eigenvalue weighted by Crippen LogP contribution is -2.35. The van der Waals surface area contributed by atoms with E-state index in [9.17, 15) is 4.39 Å². The molecule has 0 radical (unpaired) electrons. The van der Waals surface area contributed by atoms with Crippen molar-refractivity contribution < 1.29 is 4.39 Å². The van der Waals surface area contributed by atoms with E-state index in [1.165, 1.54) is 25.6 Å². The Hall–Kier alpha value is -1.43. The number of rotatable bonds is 4. The van der Waals surface area contributed by atoms with Crippen LogP contribution < -0.4 is 10.6 Å². The number of aromatic nitrogens is 2. The first-order valence-corrected chi connectivity index (χ1v) is 6.31. The van der Waals surface area contributed by atoms with Crippen molar-refractivity contribution in [1.29, 1.82) is 0 Å². The molecule has 1 aromatic heterocycles. The van der Waals surface area contributed by atoms with Crippen molar-refractivity contribution in [3.05, 3.63) is 12.0 Å². The Morgan fingerprint density at radius 2 is 2.39 bits per heavy atom. The minimum atomic E-state index is -0.430. The van der Waals surface area contributed by atoms with Gasteiger partial charge in [-0.05, 0) is 32.4 Å². The van der Waals surface area contributed by atoms with Gasteiger partial charge in [-0.25, -0.2) is 9.37 Å². The van der Waals surface area contributed by atoms with E-state index in [0.29, 0.717) is 11.9 Å². The van der Waals surface area contributed by atoms with Gasteiger partial charge in [0, 0.05) is 20.1 Å². The second kappa shape index (κ2) is 5.95. The van der Waals surface area contributed by atoms with Crippen LogP contribution in [0, 0.1) is 11.7 Å². The van der Waals surface area contributed by atoms with Crippen LogP contribution in [0.25, 0.3) is 0 Å². The molecule has 5 nitrogen and oxygen atoms in total. The van der Waals surface area contributed by atoms with E-state index >= 15 is 0 Å². The Morgan fingerprint density at radius 3 is 3.11 bits per heavy atom. The summed E-state index contributed by atoms with van der Waals surface area (Å²) in [5, 5.41) is 5.89. The highest BCUT2D eigenvalue weighted by Crippen LogP contribution is 2.16. The smallest absolute Gasteiger partial charge is 0.224 e. The maximum absolute atomic E-state index is 13.2. The molecule has 0 aliphatic carbocycles. The van der Waals surface area contributed by atoms with Crippen LogP contribution in [-0.2, 0) is 0 Å². The van der Waals surface area contributed by atoms with Crippen molar-refractivity contribution in [3.8, 4) is 0 Å². The Morgan fingerprint density at radius 1 is 1.56 bits per heavy atom. The van der Waals surface area contributed by atoms with Crippen molar-refractivity contribution in [3.63, 3.8) is 0 Å². The van der Waals surface area contributed by atoms with Gasteiger partial charge in [0.2, 0.25) is 5.95 Å². The second-order valence-electron chi connectivity index (χ2n) is 4.79. The molecule has 1 saturated heterocycles. The molecule has 1 fully saturated rings. The molecule has 0 spiro atoms. The molecule has 6 heteroatoms. The fourth-order valence-electron chi connectivity index (χ4n) is 2.30. The molecule has 0 saturated carbocycles. The number of anilines is 2. The van der Waals surface area contributed by atoms with E-state index in [0.717, 1.165) is 13.1 Å². The topological polar surface area (TPSA) is 53.1 Å². The molecule has 2 N–H and O–H groups in total. The van der Waals surface area contributed by atoms with Gasteiger partial charge < -0.3 is 15.5 Å². The third-order valence-corrected chi connectivity index (χ3v) is 3.25.